The summed E-state index contributed by atoms with van der Waals surface area (Å²) in [5, 5.41) is 19.5. The lowest BCUT2D eigenvalue weighted by atomic mass is 9.81. The summed E-state index contributed by atoms with van der Waals surface area (Å²) in [7, 11) is -1.88. The van der Waals surface area contributed by atoms with E-state index in [9.17, 15) is 8.42 Å². The molecule has 0 heterocycles. The van der Waals surface area contributed by atoms with Crippen molar-refractivity contribution in [3.05, 3.63) is 24.3 Å². The van der Waals surface area contributed by atoms with Gasteiger partial charge in [-0.1, -0.05) is 19.1 Å². The molecule has 106 valence electrons. The van der Waals surface area contributed by atoms with Crippen molar-refractivity contribution in [2.45, 2.75) is 18.2 Å². The summed E-state index contributed by atoms with van der Waals surface area (Å²) in [4.78, 5) is 0.124. The van der Waals surface area contributed by atoms with Crippen LogP contribution < -0.4 is 5.46 Å². The normalized spacial score (nSPS) is 12.2. The van der Waals surface area contributed by atoms with Gasteiger partial charge in [0.1, 0.15) is 0 Å². The number of rotatable bonds is 6. The molecule has 0 aliphatic carbocycles. The minimum absolute atomic E-state index is 0.124. The van der Waals surface area contributed by atoms with Crippen LogP contribution in [0.25, 0.3) is 0 Å². The lowest BCUT2D eigenvalue weighted by Crippen LogP contribution is -2.42. The van der Waals surface area contributed by atoms with Gasteiger partial charge in [0.2, 0.25) is 0 Å². The summed E-state index contributed by atoms with van der Waals surface area (Å²) in [6, 6.07) is 5.52. The highest BCUT2D eigenvalue weighted by Gasteiger charge is 2.26. The van der Waals surface area contributed by atoms with Crippen LogP contribution in [0.1, 0.15) is 13.3 Å². The van der Waals surface area contributed by atoms with Crippen molar-refractivity contribution in [3.8, 4) is 0 Å². The highest BCUT2D eigenvalue weighted by molar-refractivity contribution is 7.89. The molecule has 0 atom stereocenters. The Hall–Kier alpha value is -0.925. The monoisotopic (exact) mass is 286 g/mol. The zero-order valence-corrected chi connectivity index (χ0v) is 12.1. The summed E-state index contributed by atoms with van der Waals surface area (Å²) in [6.45, 7) is 2.29. The number of hydrazine groups is 1. The van der Waals surface area contributed by atoms with Gasteiger partial charge in [0.15, 0.2) is 0 Å². The van der Waals surface area contributed by atoms with E-state index in [1.807, 2.05) is 6.92 Å². The van der Waals surface area contributed by atoms with Crippen LogP contribution in [0.15, 0.2) is 29.2 Å². The van der Waals surface area contributed by atoms with E-state index in [4.69, 9.17) is 10.0 Å². The molecule has 1 rings (SSSR count). The molecule has 6 nitrogen and oxygen atoms in total. The predicted octanol–water partition coefficient (Wildman–Crippen LogP) is -0.756. The van der Waals surface area contributed by atoms with E-state index >= 15 is 0 Å². The first kappa shape index (κ1) is 16.1. The van der Waals surface area contributed by atoms with Crippen LogP contribution in [-0.2, 0) is 10.0 Å². The summed E-state index contributed by atoms with van der Waals surface area (Å²) in [5.74, 6) is 0. The summed E-state index contributed by atoms with van der Waals surface area (Å²) in [6.07, 6.45) is 0.699. The Labute approximate surface area is 114 Å². The number of hydrogen-bond acceptors (Lipinski definition) is 5. The topological polar surface area (TPSA) is 81.1 Å². The molecule has 0 aliphatic heterocycles. The molecule has 0 amide bonds. The van der Waals surface area contributed by atoms with Crippen LogP contribution in [0, 0.1) is 0 Å². The van der Waals surface area contributed by atoms with Crippen molar-refractivity contribution in [1.29, 1.82) is 0 Å². The predicted molar refractivity (Wildman–Crippen MR) is 74.1 cm³/mol. The SMILES string of the molecule is CCCN(N(C)C)S(=O)(=O)c1ccc(B(O)O)cc1. The molecule has 0 spiro atoms. The van der Waals surface area contributed by atoms with Gasteiger partial charge in [-0.05, 0) is 24.0 Å². The molecular formula is C11H19BN2O4S. The molecule has 1 aromatic carbocycles. The quantitative estimate of drug-likeness (QED) is 0.531. The summed E-state index contributed by atoms with van der Waals surface area (Å²) >= 11 is 0. The molecule has 19 heavy (non-hydrogen) atoms. The Morgan fingerprint density at radius 1 is 1.16 bits per heavy atom. The highest BCUT2D eigenvalue weighted by Crippen LogP contribution is 2.15. The zero-order chi connectivity index (χ0) is 14.6. The van der Waals surface area contributed by atoms with E-state index in [2.05, 4.69) is 0 Å². The zero-order valence-electron chi connectivity index (χ0n) is 11.3. The largest absolute Gasteiger partial charge is 0.488 e. The van der Waals surface area contributed by atoms with E-state index in [0.29, 0.717) is 13.0 Å². The van der Waals surface area contributed by atoms with Crippen LogP contribution in [0.5, 0.6) is 0 Å². The fraction of sp³-hybridized carbons (Fsp3) is 0.455. The smallest absolute Gasteiger partial charge is 0.423 e. The van der Waals surface area contributed by atoms with E-state index < -0.39 is 17.1 Å². The van der Waals surface area contributed by atoms with Crippen LogP contribution in [-0.4, -0.2) is 55.6 Å². The van der Waals surface area contributed by atoms with Crippen LogP contribution >= 0.6 is 0 Å². The van der Waals surface area contributed by atoms with Crippen molar-refractivity contribution in [1.82, 2.24) is 9.42 Å². The molecule has 0 saturated heterocycles. The second-order valence-corrected chi connectivity index (χ2v) is 6.18. The first-order valence-electron chi connectivity index (χ1n) is 5.96. The number of nitrogens with zero attached hydrogens (tertiary/aromatic N) is 2. The average molecular weight is 286 g/mol. The maximum Gasteiger partial charge on any atom is 0.488 e. The fourth-order valence-electron chi connectivity index (χ4n) is 1.66. The molecule has 2 N–H and O–H groups in total. The number of benzene rings is 1. The van der Waals surface area contributed by atoms with Crippen molar-refractivity contribution in [2.75, 3.05) is 20.6 Å². The first-order valence-corrected chi connectivity index (χ1v) is 7.40. The fourth-order valence-corrected chi connectivity index (χ4v) is 3.24. The number of hydrogen-bond donors (Lipinski definition) is 2. The number of sulfonamides is 1. The molecule has 0 aromatic heterocycles. The van der Waals surface area contributed by atoms with Gasteiger partial charge in [0, 0.05) is 20.6 Å². The first-order chi connectivity index (χ1) is 8.80. The van der Waals surface area contributed by atoms with Crippen molar-refractivity contribution >= 4 is 22.6 Å². The third-order valence-corrected chi connectivity index (χ3v) is 4.55. The van der Waals surface area contributed by atoms with Gasteiger partial charge in [-0.25, -0.2) is 13.4 Å². The average Bonchev–Trinajstić information content (AvgIpc) is 2.35. The van der Waals surface area contributed by atoms with Crippen molar-refractivity contribution < 1.29 is 18.5 Å². The molecule has 0 unspecified atom stereocenters. The lowest BCUT2D eigenvalue weighted by molar-refractivity contribution is 0.127. The van der Waals surface area contributed by atoms with Crippen LogP contribution in [0.2, 0.25) is 0 Å². The molecule has 0 fully saturated rings. The Morgan fingerprint density at radius 2 is 1.68 bits per heavy atom. The minimum Gasteiger partial charge on any atom is -0.423 e. The van der Waals surface area contributed by atoms with Gasteiger partial charge in [-0.2, -0.15) is 0 Å². The van der Waals surface area contributed by atoms with Crippen molar-refractivity contribution in [2.24, 2.45) is 0 Å². The van der Waals surface area contributed by atoms with Gasteiger partial charge >= 0.3 is 7.12 Å². The van der Waals surface area contributed by atoms with Crippen molar-refractivity contribution in [3.63, 3.8) is 0 Å². The van der Waals surface area contributed by atoms with Gasteiger partial charge in [-0.3, -0.25) is 0 Å². The van der Waals surface area contributed by atoms with E-state index in [1.54, 1.807) is 14.1 Å². The van der Waals surface area contributed by atoms with E-state index in [-0.39, 0.29) is 10.4 Å². The third kappa shape index (κ3) is 3.77. The molecule has 0 radical (unpaired) electrons. The van der Waals surface area contributed by atoms with Gasteiger partial charge in [-0.15, -0.1) is 4.41 Å². The Kier molecular flexibility index (Phi) is 5.51. The molecular weight excluding hydrogens is 267 g/mol. The van der Waals surface area contributed by atoms with E-state index in [0.717, 1.165) is 0 Å². The Morgan fingerprint density at radius 3 is 2.05 bits per heavy atom. The second kappa shape index (κ2) is 6.49. The highest BCUT2D eigenvalue weighted by atomic mass is 32.2. The lowest BCUT2D eigenvalue weighted by Gasteiger charge is -2.27. The molecule has 0 aliphatic rings. The van der Waals surface area contributed by atoms with E-state index in [1.165, 1.54) is 33.7 Å². The van der Waals surface area contributed by atoms with Gasteiger partial charge in [0.25, 0.3) is 10.0 Å². The standard InChI is InChI=1S/C11H19BN2O4S/c1-4-9-14(13(2)3)19(17,18)11-7-5-10(6-8-11)12(15)16/h5-8,15-16H,4,9H2,1-3H3. The molecule has 8 heteroatoms. The summed E-state index contributed by atoms with van der Waals surface area (Å²) in [5.41, 5.74) is 0.255. The van der Waals surface area contributed by atoms with Crippen LogP contribution in [0.3, 0.4) is 0 Å². The second-order valence-electron chi connectivity index (χ2n) is 4.34. The minimum atomic E-state index is -3.61. The Balaban J connectivity index is 3.11. The molecule has 0 saturated carbocycles. The van der Waals surface area contributed by atoms with Crippen LogP contribution in [0.4, 0.5) is 0 Å². The molecule has 0 bridgehead atoms. The third-order valence-electron chi connectivity index (χ3n) is 2.61. The Bertz CT molecular complexity index is 502. The molecule has 1 aromatic rings. The van der Waals surface area contributed by atoms with Gasteiger partial charge < -0.3 is 10.0 Å². The maximum absolute atomic E-state index is 12.4. The summed E-state index contributed by atoms with van der Waals surface area (Å²) < 4.78 is 26.1. The maximum atomic E-state index is 12.4. The van der Waals surface area contributed by atoms with Gasteiger partial charge in [0.05, 0.1) is 4.90 Å².